The van der Waals surface area contributed by atoms with Gasteiger partial charge in [-0.05, 0) is 33.9 Å². The van der Waals surface area contributed by atoms with Crippen LogP contribution in [0.25, 0.3) is 0 Å². The first-order valence-corrected chi connectivity index (χ1v) is 6.71. The molecular formula is C14H26N4. The van der Waals surface area contributed by atoms with Crippen LogP contribution in [0.2, 0.25) is 0 Å². The van der Waals surface area contributed by atoms with Crippen molar-refractivity contribution in [2.45, 2.75) is 40.0 Å². The SMILES string of the molecule is CCNc1nc(CCN(C)C)nc(C)c1C(C)C. The van der Waals surface area contributed by atoms with Crippen LogP contribution in [0.5, 0.6) is 0 Å². The summed E-state index contributed by atoms with van der Waals surface area (Å²) in [6.45, 7) is 10.4. The van der Waals surface area contributed by atoms with Crippen LogP contribution in [-0.2, 0) is 6.42 Å². The Morgan fingerprint density at radius 1 is 1.22 bits per heavy atom. The van der Waals surface area contributed by atoms with Crippen molar-refractivity contribution in [1.82, 2.24) is 14.9 Å². The smallest absolute Gasteiger partial charge is 0.133 e. The second-order valence-corrected chi connectivity index (χ2v) is 5.23. The standard InChI is InChI=1S/C14H26N4/c1-7-15-14-13(10(2)3)11(4)16-12(17-14)8-9-18(5)6/h10H,7-9H2,1-6H3,(H,15,16,17). The molecule has 0 bridgehead atoms. The summed E-state index contributed by atoms with van der Waals surface area (Å²) in [5.74, 6) is 2.39. The Morgan fingerprint density at radius 2 is 1.89 bits per heavy atom. The Morgan fingerprint density at radius 3 is 2.39 bits per heavy atom. The van der Waals surface area contributed by atoms with Crippen LogP contribution < -0.4 is 5.32 Å². The number of nitrogens with zero attached hydrogens (tertiary/aromatic N) is 3. The van der Waals surface area contributed by atoms with Crippen molar-refractivity contribution >= 4 is 5.82 Å². The molecule has 0 amide bonds. The fourth-order valence-corrected chi connectivity index (χ4v) is 2.07. The summed E-state index contributed by atoms with van der Waals surface area (Å²) in [6, 6.07) is 0. The van der Waals surface area contributed by atoms with Crippen LogP contribution in [-0.4, -0.2) is 42.1 Å². The van der Waals surface area contributed by atoms with E-state index in [1.54, 1.807) is 0 Å². The number of aromatic nitrogens is 2. The van der Waals surface area contributed by atoms with Gasteiger partial charge in [-0.1, -0.05) is 13.8 Å². The maximum absolute atomic E-state index is 4.67. The molecule has 1 N–H and O–H groups in total. The van der Waals surface area contributed by atoms with Gasteiger partial charge < -0.3 is 10.2 Å². The second-order valence-electron chi connectivity index (χ2n) is 5.23. The highest BCUT2D eigenvalue weighted by atomic mass is 15.1. The highest BCUT2D eigenvalue weighted by Crippen LogP contribution is 2.25. The van der Waals surface area contributed by atoms with E-state index in [-0.39, 0.29) is 0 Å². The van der Waals surface area contributed by atoms with Crippen LogP contribution in [0.15, 0.2) is 0 Å². The molecule has 1 aromatic rings. The zero-order valence-corrected chi connectivity index (χ0v) is 12.5. The lowest BCUT2D eigenvalue weighted by molar-refractivity contribution is 0.409. The average Bonchev–Trinajstić information content (AvgIpc) is 2.25. The molecule has 102 valence electrons. The van der Waals surface area contributed by atoms with Crippen molar-refractivity contribution < 1.29 is 0 Å². The Labute approximate surface area is 111 Å². The van der Waals surface area contributed by atoms with E-state index in [0.29, 0.717) is 5.92 Å². The molecule has 0 spiro atoms. The molecule has 1 rings (SSSR count). The second kappa shape index (κ2) is 6.69. The van der Waals surface area contributed by atoms with Crippen molar-refractivity contribution in [2.75, 3.05) is 32.5 Å². The third-order valence-electron chi connectivity index (χ3n) is 2.89. The molecule has 0 aromatic carbocycles. The van der Waals surface area contributed by atoms with E-state index in [1.807, 2.05) is 0 Å². The lowest BCUT2D eigenvalue weighted by Crippen LogP contribution is -2.18. The molecule has 0 aliphatic rings. The summed E-state index contributed by atoms with van der Waals surface area (Å²) >= 11 is 0. The van der Waals surface area contributed by atoms with Gasteiger partial charge in [0.05, 0.1) is 0 Å². The highest BCUT2D eigenvalue weighted by Gasteiger charge is 2.14. The van der Waals surface area contributed by atoms with Crippen molar-refractivity contribution in [2.24, 2.45) is 0 Å². The summed E-state index contributed by atoms with van der Waals surface area (Å²) in [5, 5.41) is 3.36. The predicted octanol–water partition coefficient (Wildman–Crippen LogP) is 2.44. The quantitative estimate of drug-likeness (QED) is 0.842. The monoisotopic (exact) mass is 250 g/mol. The number of likely N-dealkylation sites (N-methyl/N-ethyl adjacent to an activating group) is 1. The Hall–Kier alpha value is -1.16. The highest BCUT2D eigenvalue weighted by molar-refractivity contribution is 5.48. The van der Waals surface area contributed by atoms with Gasteiger partial charge in [-0.2, -0.15) is 0 Å². The number of anilines is 1. The first-order valence-electron chi connectivity index (χ1n) is 6.71. The zero-order valence-electron chi connectivity index (χ0n) is 12.5. The van der Waals surface area contributed by atoms with Gasteiger partial charge in [-0.15, -0.1) is 0 Å². The molecule has 0 radical (unpaired) electrons. The molecule has 4 heteroatoms. The van der Waals surface area contributed by atoms with Crippen molar-refractivity contribution in [3.8, 4) is 0 Å². The number of hydrogen-bond acceptors (Lipinski definition) is 4. The van der Waals surface area contributed by atoms with E-state index < -0.39 is 0 Å². The number of hydrogen-bond donors (Lipinski definition) is 1. The summed E-state index contributed by atoms with van der Waals surface area (Å²) in [4.78, 5) is 11.5. The normalized spacial score (nSPS) is 11.3. The third kappa shape index (κ3) is 3.95. The Balaban J connectivity index is 3.02. The molecule has 0 saturated carbocycles. The average molecular weight is 250 g/mol. The number of nitrogens with one attached hydrogen (secondary N) is 1. The zero-order chi connectivity index (χ0) is 13.7. The van der Waals surface area contributed by atoms with Crippen LogP contribution in [0.1, 0.15) is 43.8 Å². The lowest BCUT2D eigenvalue weighted by atomic mass is 10.0. The van der Waals surface area contributed by atoms with Crippen LogP contribution in [0.4, 0.5) is 5.82 Å². The minimum absolute atomic E-state index is 0.446. The maximum atomic E-state index is 4.67. The third-order valence-corrected chi connectivity index (χ3v) is 2.89. The minimum Gasteiger partial charge on any atom is -0.370 e. The van der Waals surface area contributed by atoms with Crippen LogP contribution >= 0.6 is 0 Å². The van der Waals surface area contributed by atoms with Crippen LogP contribution in [0.3, 0.4) is 0 Å². The molecule has 1 aromatic heterocycles. The van der Waals surface area contributed by atoms with Gasteiger partial charge in [0, 0.05) is 30.8 Å². The molecule has 0 unspecified atom stereocenters. The maximum Gasteiger partial charge on any atom is 0.133 e. The van der Waals surface area contributed by atoms with E-state index in [0.717, 1.165) is 36.8 Å². The summed E-state index contributed by atoms with van der Waals surface area (Å²) < 4.78 is 0. The Bertz CT molecular complexity index is 386. The molecule has 1 heterocycles. The Kier molecular flexibility index (Phi) is 5.54. The molecule has 0 aliphatic carbocycles. The fraction of sp³-hybridized carbons (Fsp3) is 0.714. The minimum atomic E-state index is 0.446. The van der Waals surface area contributed by atoms with E-state index >= 15 is 0 Å². The first kappa shape index (κ1) is 14.9. The fourth-order valence-electron chi connectivity index (χ4n) is 2.07. The number of rotatable bonds is 6. The molecule has 0 saturated heterocycles. The van der Waals surface area contributed by atoms with Gasteiger partial charge in [-0.3, -0.25) is 0 Å². The van der Waals surface area contributed by atoms with E-state index in [1.165, 1.54) is 5.56 Å². The topological polar surface area (TPSA) is 41.1 Å². The van der Waals surface area contributed by atoms with Gasteiger partial charge in [0.25, 0.3) is 0 Å². The van der Waals surface area contributed by atoms with E-state index in [2.05, 4.69) is 62.0 Å². The summed E-state index contributed by atoms with van der Waals surface area (Å²) in [5.41, 5.74) is 2.34. The molecular weight excluding hydrogens is 224 g/mol. The van der Waals surface area contributed by atoms with E-state index in [9.17, 15) is 0 Å². The van der Waals surface area contributed by atoms with Crippen molar-refractivity contribution in [3.05, 3.63) is 17.1 Å². The molecule has 0 atom stereocenters. The summed E-state index contributed by atoms with van der Waals surface area (Å²) in [7, 11) is 4.14. The summed E-state index contributed by atoms with van der Waals surface area (Å²) in [6.07, 6.45) is 0.893. The molecule has 0 aliphatic heterocycles. The predicted molar refractivity (Wildman–Crippen MR) is 77.3 cm³/mol. The molecule has 0 fully saturated rings. The van der Waals surface area contributed by atoms with Crippen molar-refractivity contribution in [3.63, 3.8) is 0 Å². The van der Waals surface area contributed by atoms with Gasteiger partial charge >= 0.3 is 0 Å². The largest absolute Gasteiger partial charge is 0.370 e. The molecule has 4 nitrogen and oxygen atoms in total. The van der Waals surface area contributed by atoms with Crippen LogP contribution in [0, 0.1) is 6.92 Å². The van der Waals surface area contributed by atoms with Crippen molar-refractivity contribution in [1.29, 1.82) is 0 Å². The van der Waals surface area contributed by atoms with Gasteiger partial charge in [0.2, 0.25) is 0 Å². The number of aryl methyl sites for hydroxylation is 1. The van der Waals surface area contributed by atoms with Gasteiger partial charge in [-0.25, -0.2) is 9.97 Å². The first-order chi connectivity index (χ1) is 8.45. The van der Waals surface area contributed by atoms with Gasteiger partial charge in [0.1, 0.15) is 11.6 Å². The van der Waals surface area contributed by atoms with E-state index in [4.69, 9.17) is 0 Å². The van der Waals surface area contributed by atoms with Gasteiger partial charge in [0.15, 0.2) is 0 Å². The molecule has 18 heavy (non-hydrogen) atoms. The lowest BCUT2D eigenvalue weighted by Gasteiger charge is -2.17.